The van der Waals surface area contributed by atoms with E-state index >= 15 is 0 Å². The molecule has 0 aliphatic carbocycles. The number of alkyl carbamates (subject to hydrolysis) is 1. The lowest BCUT2D eigenvalue weighted by molar-refractivity contribution is -0.140. The van der Waals surface area contributed by atoms with Crippen molar-refractivity contribution in [2.45, 2.75) is 30.1 Å². The fourth-order valence-corrected chi connectivity index (χ4v) is 1.16. The Morgan fingerprint density at radius 2 is 1.94 bits per heavy atom. The number of carbonyl (C=O) groups excluding carboxylic acids is 1. The average molecular weight is 307 g/mol. The maximum Gasteiger partial charge on any atom is 0.408 e. The van der Waals surface area contributed by atoms with Crippen LogP contribution in [0.25, 0.3) is 0 Å². The Bertz CT molecular complexity index is 280. The fraction of sp³-hybridized carbons (Fsp3) is 0.778. The van der Waals surface area contributed by atoms with Crippen LogP contribution in [-0.4, -0.2) is 33.6 Å². The highest BCUT2D eigenvalue weighted by molar-refractivity contribution is 6.67. The standard InChI is InChI=1S/C9H14Cl3NO4/c1-3-5(2)6(7(14)15)13-8(16)17-4-9(10,11)12/h5-6H,3-4H2,1-2H3,(H,13,16)(H,14,15). The molecule has 17 heavy (non-hydrogen) atoms. The van der Waals surface area contributed by atoms with Gasteiger partial charge in [0.15, 0.2) is 0 Å². The predicted octanol–water partition coefficient (Wildman–Crippen LogP) is 2.58. The zero-order valence-corrected chi connectivity index (χ0v) is 11.6. The number of amides is 1. The van der Waals surface area contributed by atoms with Gasteiger partial charge in [-0.2, -0.15) is 0 Å². The maximum absolute atomic E-state index is 11.3. The minimum Gasteiger partial charge on any atom is -0.480 e. The first-order chi connectivity index (χ1) is 7.67. The molecule has 0 rings (SSSR count). The summed E-state index contributed by atoms with van der Waals surface area (Å²) >= 11 is 16.1. The van der Waals surface area contributed by atoms with E-state index in [9.17, 15) is 9.59 Å². The van der Waals surface area contributed by atoms with Crippen molar-refractivity contribution in [3.63, 3.8) is 0 Å². The average Bonchev–Trinajstić information content (AvgIpc) is 2.20. The molecule has 0 heterocycles. The molecule has 2 atom stereocenters. The van der Waals surface area contributed by atoms with Crippen molar-refractivity contribution in [3.8, 4) is 0 Å². The van der Waals surface area contributed by atoms with Crippen LogP contribution in [0.4, 0.5) is 4.79 Å². The van der Waals surface area contributed by atoms with Gasteiger partial charge in [-0.3, -0.25) is 0 Å². The van der Waals surface area contributed by atoms with Gasteiger partial charge in [0.05, 0.1) is 0 Å². The number of ether oxygens (including phenoxy) is 1. The summed E-state index contributed by atoms with van der Waals surface area (Å²) in [6, 6.07) is -1.03. The van der Waals surface area contributed by atoms with E-state index in [1.54, 1.807) is 6.92 Å². The molecule has 8 heteroatoms. The van der Waals surface area contributed by atoms with Crippen molar-refractivity contribution in [2.24, 2.45) is 5.92 Å². The zero-order valence-electron chi connectivity index (χ0n) is 9.37. The minimum atomic E-state index is -1.72. The summed E-state index contributed by atoms with van der Waals surface area (Å²) in [6.45, 7) is 3.07. The second-order valence-electron chi connectivity index (χ2n) is 3.54. The third kappa shape index (κ3) is 7.52. The largest absolute Gasteiger partial charge is 0.480 e. The number of rotatable bonds is 5. The Balaban J connectivity index is 4.28. The van der Waals surface area contributed by atoms with E-state index in [0.717, 1.165) is 0 Å². The highest BCUT2D eigenvalue weighted by Crippen LogP contribution is 2.25. The number of carboxylic acid groups (broad SMARTS) is 1. The number of hydrogen-bond donors (Lipinski definition) is 2. The topological polar surface area (TPSA) is 75.6 Å². The summed E-state index contributed by atoms with van der Waals surface area (Å²) in [7, 11) is 0. The zero-order chi connectivity index (χ0) is 13.6. The van der Waals surface area contributed by atoms with E-state index in [1.807, 2.05) is 6.92 Å². The molecule has 0 aromatic rings. The van der Waals surface area contributed by atoms with Crippen molar-refractivity contribution in [1.82, 2.24) is 5.32 Å². The number of nitrogens with one attached hydrogen (secondary N) is 1. The van der Waals surface area contributed by atoms with Gasteiger partial charge in [0.25, 0.3) is 0 Å². The minimum absolute atomic E-state index is 0.229. The molecule has 2 unspecified atom stereocenters. The molecular weight excluding hydrogens is 292 g/mol. The summed E-state index contributed by atoms with van der Waals surface area (Å²) in [6.07, 6.45) is -0.328. The van der Waals surface area contributed by atoms with Gasteiger partial charge in [-0.05, 0) is 5.92 Å². The molecule has 0 aliphatic heterocycles. The smallest absolute Gasteiger partial charge is 0.408 e. The molecule has 0 fully saturated rings. The summed E-state index contributed by atoms with van der Waals surface area (Å²) in [4.78, 5) is 22.1. The molecule has 0 aromatic carbocycles. The molecule has 0 radical (unpaired) electrons. The van der Waals surface area contributed by atoms with Crippen LogP contribution >= 0.6 is 34.8 Å². The first-order valence-electron chi connectivity index (χ1n) is 4.90. The summed E-state index contributed by atoms with van der Waals surface area (Å²) in [5.41, 5.74) is 0. The summed E-state index contributed by atoms with van der Waals surface area (Å²) < 4.78 is 2.86. The molecule has 0 aromatic heterocycles. The van der Waals surface area contributed by atoms with Gasteiger partial charge in [-0.25, -0.2) is 9.59 Å². The second kappa shape index (κ2) is 7.13. The van der Waals surface area contributed by atoms with Crippen LogP contribution in [-0.2, 0) is 9.53 Å². The van der Waals surface area contributed by atoms with Gasteiger partial charge in [0, 0.05) is 0 Å². The van der Waals surface area contributed by atoms with Crippen molar-refractivity contribution < 1.29 is 19.4 Å². The summed E-state index contributed by atoms with van der Waals surface area (Å²) in [5, 5.41) is 11.1. The van der Waals surface area contributed by atoms with Gasteiger partial charge in [0.2, 0.25) is 3.79 Å². The van der Waals surface area contributed by atoms with Gasteiger partial charge in [0.1, 0.15) is 12.6 Å². The predicted molar refractivity (Wildman–Crippen MR) is 65.7 cm³/mol. The highest BCUT2D eigenvalue weighted by atomic mass is 35.6. The van der Waals surface area contributed by atoms with Crippen LogP contribution in [0.3, 0.4) is 0 Å². The van der Waals surface area contributed by atoms with Crippen LogP contribution in [0, 0.1) is 5.92 Å². The van der Waals surface area contributed by atoms with E-state index in [-0.39, 0.29) is 5.92 Å². The van der Waals surface area contributed by atoms with E-state index in [0.29, 0.717) is 6.42 Å². The Hall–Kier alpha value is -0.390. The summed E-state index contributed by atoms with van der Waals surface area (Å²) in [5.74, 6) is -1.36. The van der Waals surface area contributed by atoms with Crippen molar-refractivity contribution in [1.29, 1.82) is 0 Å². The molecule has 0 aliphatic rings. The molecule has 1 amide bonds. The lowest BCUT2D eigenvalue weighted by atomic mass is 10.00. The molecule has 0 saturated heterocycles. The molecule has 2 N–H and O–H groups in total. The normalized spacial score (nSPS) is 14.9. The number of halogens is 3. The molecule has 5 nitrogen and oxygen atoms in total. The van der Waals surface area contributed by atoms with Crippen molar-refractivity contribution in [3.05, 3.63) is 0 Å². The second-order valence-corrected chi connectivity index (χ2v) is 6.05. The van der Waals surface area contributed by atoms with E-state index in [2.05, 4.69) is 10.1 Å². The van der Waals surface area contributed by atoms with Crippen molar-refractivity contribution >= 4 is 46.9 Å². The molecule has 0 bridgehead atoms. The van der Waals surface area contributed by atoms with E-state index in [4.69, 9.17) is 39.9 Å². The van der Waals surface area contributed by atoms with Crippen LogP contribution < -0.4 is 5.32 Å². The Labute approximate surface area is 114 Å². The van der Waals surface area contributed by atoms with Gasteiger partial charge in [-0.1, -0.05) is 55.1 Å². The van der Waals surface area contributed by atoms with E-state index in [1.165, 1.54) is 0 Å². The Morgan fingerprint density at radius 1 is 1.41 bits per heavy atom. The Kier molecular flexibility index (Phi) is 6.97. The number of carboxylic acids is 1. The van der Waals surface area contributed by atoms with Crippen LogP contribution in [0.1, 0.15) is 20.3 Å². The Morgan fingerprint density at radius 3 is 2.29 bits per heavy atom. The van der Waals surface area contributed by atoms with Gasteiger partial charge in [-0.15, -0.1) is 0 Å². The SMILES string of the molecule is CCC(C)C(NC(=O)OCC(Cl)(Cl)Cl)C(=O)O. The number of carbonyl (C=O) groups is 2. The number of alkyl halides is 3. The highest BCUT2D eigenvalue weighted by Gasteiger charge is 2.27. The fourth-order valence-electron chi connectivity index (χ4n) is 0.999. The third-order valence-corrected chi connectivity index (χ3v) is 2.45. The molecular formula is C9H14Cl3NO4. The first-order valence-corrected chi connectivity index (χ1v) is 6.03. The number of hydrogen-bond acceptors (Lipinski definition) is 3. The lowest BCUT2D eigenvalue weighted by Crippen LogP contribution is -2.45. The lowest BCUT2D eigenvalue weighted by Gasteiger charge is -2.20. The van der Waals surface area contributed by atoms with Gasteiger partial charge < -0.3 is 15.2 Å². The first kappa shape index (κ1) is 16.6. The van der Waals surface area contributed by atoms with Crippen molar-refractivity contribution in [2.75, 3.05) is 6.61 Å². The third-order valence-electron chi connectivity index (χ3n) is 2.12. The molecule has 100 valence electrons. The molecule has 0 saturated carbocycles. The van der Waals surface area contributed by atoms with Crippen LogP contribution in [0.2, 0.25) is 0 Å². The number of aliphatic carboxylic acids is 1. The van der Waals surface area contributed by atoms with E-state index < -0.39 is 28.5 Å². The monoisotopic (exact) mass is 305 g/mol. The quantitative estimate of drug-likeness (QED) is 0.766. The maximum atomic E-state index is 11.3. The molecule has 0 spiro atoms. The van der Waals surface area contributed by atoms with Crippen LogP contribution in [0.5, 0.6) is 0 Å². The van der Waals surface area contributed by atoms with Crippen LogP contribution in [0.15, 0.2) is 0 Å². The van der Waals surface area contributed by atoms with Gasteiger partial charge >= 0.3 is 12.1 Å².